The van der Waals surface area contributed by atoms with Gasteiger partial charge in [-0.2, -0.15) is 0 Å². The van der Waals surface area contributed by atoms with Crippen LogP contribution in [0.25, 0.3) is 0 Å². The Bertz CT molecular complexity index is 383. The maximum Gasteiger partial charge on any atom is 0.0758 e. The summed E-state index contributed by atoms with van der Waals surface area (Å²) in [5, 5.41) is 3.68. The van der Waals surface area contributed by atoms with Crippen LogP contribution < -0.4 is 5.32 Å². The molecule has 1 aliphatic rings. The lowest BCUT2D eigenvalue weighted by Crippen LogP contribution is -2.23. The number of nitrogens with one attached hydrogen (secondary N) is 1. The maximum atomic E-state index is 3.72. The molecule has 1 unspecified atom stereocenters. The number of halogens is 2. The normalized spacial score (nSPS) is 19.3. The smallest absolute Gasteiger partial charge is 0.0758 e. The monoisotopic (exact) mass is 407 g/mol. The quantitative estimate of drug-likeness (QED) is 0.564. The van der Waals surface area contributed by atoms with Crippen LogP contribution in [0.15, 0.2) is 13.6 Å². The number of rotatable bonds is 5. The van der Waals surface area contributed by atoms with Gasteiger partial charge in [-0.3, -0.25) is 0 Å². The topological polar surface area (TPSA) is 12.0 Å². The molecule has 1 aliphatic carbocycles. The molecule has 1 fully saturated rings. The Kier molecular flexibility index (Phi) is 6.87. The van der Waals surface area contributed by atoms with Crippen LogP contribution in [0.5, 0.6) is 0 Å². The van der Waals surface area contributed by atoms with E-state index in [0.717, 1.165) is 12.5 Å². The van der Waals surface area contributed by atoms with Crippen LogP contribution in [-0.2, 0) is 0 Å². The second-order valence-corrected chi connectivity index (χ2v) is 9.23. The summed E-state index contributed by atoms with van der Waals surface area (Å²) in [7, 11) is 0. The van der Waals surface area contributed by atoms with E-state index < -0.39 is 0 Å². The van der Waals surface area contributed by atoms with Gasteiger partial charge in [-0.25, -0.2) is 0 Å². The molecule has 19 heavy (non-hydrogen) atoms. The van der Waals surface area contributed by atoms with Crippen molar-refractivity contribution in [1.29, 1.82) is 0 Å². The van der Waals surface area contributed by atoms with E-state index in [4.69, 9.17) is 0 Å². The van der Waals surface area contributed by atoms with Gasteiger partial charge in [-0.05, 0) is 62.4 Å². The molecule has 0 aromatic carbocycles. The third kappa shape index (κ3) is 4.83. The molecule has 0 spiro atoms. The molecule has 4 heteroatoms. The van der Waals surface area contributed by atoms with Crippen molar-refractivity contribution < 1.29 is 0 Å². The lowest BCUT2D eigenvalue weighted by atomic mass is 9.90. The largest absolute Gasteiger partial charge is 0.310 e. The molecule has 0 saturated heterocycles. The fourth-order valence-electron chi connectivity index (χ4n) is 3.09. The maximum absolute atomic E-state index is 3.72. The Morgan fingerprint density at radius 3 is 2.47 bits per heavy atom. The molecular weight excluding hydrogens is 386 g/mol. The van der Waals surface area contributed by atoms with Crippen molar-refractivity contribution in [2.24, 2.45) is 5.92 Å². The molecule has 1 nitrogen and oxygen atoms in total. The molecule has 1 heterocycles. The highest BCUT2D eigenvalue weighted by atomic mass is 79.9. The lowest BCUT2D eigenvalue weighted by Gasteiger charge is -2.23. The van der Waals surface area contributed by atoms with Gasteiger partial charge in [0.05, 0.1) is 7.57 Å². The number of hydrogen-bond donors (Lipinski definition) is 1. The van der Waals surface area contributed by atoms with E-state index in [1.165, 1.54) is 58.1 Å². The minimum absolute atomic E-state index is 0.505. The first-order valence-electron chi connectivity index (χ1n) is 7.38. The SMILES string of the molecule is CCNC(CC1CCCCCC1)c1cc(Br)sc1Br. The van der Waals surface area contributed by atoms with Crippen LogP contribution in [0.1, 0.15) is 63.5 Å². The molecule has 2 rings (SSSR count). The first-order chi connectivity index (χ1) is 9.20. The van der Waals surface area contributed by atoms with Crippen molar-refractivity contribution in [3.63, 3.8) is 0 Å². The Morgan fingerprint density at radius 1 is 1.26 bits per heavy atom. The van der Waals surface area contributed by atoms with Gasteiger partial charge in [-0.1, -0.05) is 45.4 Å². The van der Waals surface area contributed by atoms with Crippen LogP contribution in [0.3, 0.4) is 0 Å². The zero-order valence-electron chi connectivity index (χ0n) is 11.6. The van der Waals surface area contributed by atoms with Crippen molar-refractivity contribution in [1.82, 2.24) is 5.32 Å². The molecule has 1 atom stereocenters. The molecule has 108 valence electrons. The van der Waals surface area contributed by atoms with E-state index >= 15 is 0 Å². The molecule has 1 N–H and O–H groups in total. The summed E-state index contributed by atoms with van der Waals surface area (Å²) in [6.45, 7) is 3.24. The van der Waals surface area contributed by atoms with Gasteiger partial charge in [0.1, 0.15) is 0 Å². The van der Waals surface area contributed by atoms with Crippen molar-refractivity contribution >= 4 is 43.2 Å². The van der Waals surface area contributed by atoms with Crippen molar-refractivity contribution in [3.05, 3.63) is 19.2 Å². The highest BCUT2D eigenvalue weighted by Crippen LogP contribution is 2.39. The van der Waals surface area contributed by atoms with E-state index in [9.17, 15) is 0 Å². The highest BCUT2D eigenvalue weighted by molar-refractivity contribution is 9.12. The van der Waals surface area contributed by atoms with Gasteiger partial charge >= 0.3 is 0 Å². The summed E-state index contributed by atoms with van der Waals surface area (Å²) in [6.07, 6.45) is 9.87. The Balaban J connectivity index is 2.04. The van der Waals surface area contributed by atoms with Gasteiger partial charge in [0.2, 0.25) is 0 Å². The molecule has 0 aliphatic heterocycles. The predicted octanol–water partition coefficient (Wildman–Crippen LogP) is 6.28. The molecular formula is C15H23Br2NS. The zero-order chi connectivity index (χ0) is 13.7. The molecule has 1 aromatic rings. The van der Waals surface area contributed by atoms with Crippen molar-refractivity contribution in [2.45, 2.75) is 57.9 Å². The first kappa shape index (κ1) is 16.0. The van der Waals surface area contributed by atoms with E-state index in [-0.39, 0.29) is 0 Å². The first-order valence-corrected chi connectivity index (χ1v) is 9.79. The van der Waals surface area contributed by atoms with Crippen molar-refractivity contribution in [2.75, 3.05) is 6.54 Å². The van der Waals surface area contributed by atoms with Crippen LogP contribution in [0, 0.1) is 5.92 Å². The van der Waals surface area contributed by atoms with Crippen LogP contribution >= 0.6 is 43.2 Å². The van der Waals surface area contributed by atoms with Crippen LogP contribution in [-0.4, -0.2) is 6.54 Å². The Morgan fingerprint density at radius 2 is 1.95 bits per heavy atom. The fraction of sp³-hybridized carbons (Fsp3) is 0.733. The lowest BCUT2D eigenvalue weighted by molar-refractivity contribution is 0.359. The molecule has 1 aromatic heterocycles. The number of thiophene rings is 1. The molecule has 0 amide bonds. The Labute approximate surface area is 137 Å². The van der Waals surface area contributed by atoms with Crippen LogP contribution in [0.4, 0.5) is 0 Å². The third-order valence-electron chi connectivity index (χ3n) is 4.05. The summed E-state index contributed by atoms with van der Waals surface area (Å²) in [5.41, 5.74) is 1.43. The summed E-state index contributed by atoms with van der Waals surface area (Å²) in [6, 6.07) is 2.78. The van der Waals surface area contributed by atoms with Crippen molar-refractivity contribution in [3.8, 4) is 0 Å². The highest BCUT2D eigenvalue weighted by Gasteiger charge is 2.21. The van der Waals surface area contributed by atoms with Gasteiger partial charge in [0.25, 0.3) is 0 Å². The summed E-state index contributed by atoms with van der Waals surface area (Å²) in [5.74, 6) is 0.900. The molecule has 1 saturated carbocycles. The summed E-state index contributed by atoms with van der Waals surface area (Å²) in [4.78, 5) is 0. The summed E-state index contributed by atoms with van der Waals surface area (Å²) >= 11 is 9.10. The second kappa shape index (κ2) is 8.16. The van der Waals surface area contributed by atoms with Gasteiger partial charge < -0.3 is 5.32 Å². The Hall–Kier alpha value is 0.620. The second-order valence-electron chi connectivity index (χ2n) is 5.48. The molecule has 0 radical (unpaired) electrons. The van der Waals surface area contributed by atoms with Gasteiger partial charge in [-0.15, -0.1) is 11.3 Å². The van der Waals surface area contributed by atoms with E-state index in [2.05, 4.69) is 50.2 Å². The molecule has 0 bridgehead atoms. The summed E-state index contributed by atoms with van der Waals surface area (Å²) < 4.78 is 2.50. The third-order valence-corrected chi connectivity index (χ3v) is 6.44. The van der Waals surface area contributed by atoms with E-state index in [0.29, 0.717) is 6.04 Å². The van der Waals surface area contributed by atoms with E-state index in [1.54, 1.807) is 11.3 Å². The average molecular weight is 409 g/mol. The minimum atomic E-state index is 0.505. The fourth-order valence-corrected chi connectivity index (χ4v) is 6.06. The standard InChI is InChI=1S/C15H23Br2NS/c1-2-18-13(12-10-14(16)19-15(12)17)9-11-7-5-3-4-6-8-11/h10-11,13,18H,2-9H2,1H3. The minimum Gasteiger partial charge on any atom is -0.310 e. The van der Waals surface area contributed by atoms with Gasteiger partial charge in [0.15, 0.2) is 0 Å². The zero-order valence-corrected chi connectivity index (χ0v) is 15.5. The number of hydrogen-bond acceptors (Lipinski definition) is 2. The van der Waals surface area contributed by atoms with Gasteiger partial charge in [0, 0.05) is 6.04 Å². The van der Waals surface area contributed by atoms with E-state index in [1.807, 2.05) is 0 Å². The average Bonchev–Trinajstić information content (AvgIpc) is 2.58. The van der Waals surface area contributed by atoms with Crippen LogP contribution in [0.2, 0.25) is 0 Å². The predicted molar refractivity (Wildman–Crippen MR) is 91.9 cm³/mol.